The van der Waals surface area contributed by atoms with E-state index in [0.29, 0.717) is 5.75 Å². The second kappa shape index (κ2) is 6.25. The van der Waals surface area contributed by atoms with E-state index < -0.39 is 0 Å². The van der Waals surface area contributed by atoms with Crippen molar-refractivity contribution in [2.45, 2.75) is 32.6 Å². The van der Waals surface area contributed by atoms with Gasteiger partial charge >= 0.3 is 0 Å². The van der Waals surface area contributed by atoms with Gasteiger partial charge < -0.3 is 5.11 Å². The summed E-state index contributed by atoms with van der Waals surface area (Å²) in [6.45, 7) is 2.21. The van der Waals surface area contributed by atoms with Gasteiger partial charge in [0.15, 0.2) is 0 Å². The Labute approximate surface area is 109 Å². The molecule has 0 aromatic heterocycles. The van der Waals surface area contributed by atoms with Crippen molar-refractivity contribution in [2.75, 3.05) is 0 Å². The Morgan fingerprint density at radius 1 is 0.889 bits per heavy atom. The number of hydrogen-bond acceptors (Lipinski definition) is 1. The molecular formula is C17H20O. The van der Waals surface area contributed by atoms with Crippen LogP contribution in [-0.2, 0) is 6.42 Å². The smallest absolute Gasteiger partial charge is 0.123 e. The van der Waals surface area contributed by atoms with E-state index in [4.69, 9.17) is 0 Å². The van der Waals surface area contributed by atoms with Gasteiger partial charge in [0.25, 0.3) is 0 Å². The average Bonchev–Trinajstić information content (AvgIpc) is 2.40. The second-order valence-electron chi connectivity index (χ2n) is 4.63. The number of rotatable bonds is 5. The highest BCUT2D eigenvalue weighted by Crippen LogP contribution is 2.33. The minimum absolute atomic E-state index is 0.384. The molecule has 0 amide bonds. The van der Waals surface area contributed by atoms with E-state index in [2.05, 4.69) is 25.1 Å². The highest BCUT2D eigenvalue weighted by atomic mass is 16.3. The summed E-state index contributed by atoms with van der Waals surface area (Å²) < 4.78 is 0. The quantitative estimate of drug-likeness (QED) is 0.745. The first-order valence-electron chi connectivity index (χ1n) is 6.69. The summed E-state index contributed by atoms with van der Waals surface area (Å²) in [6.07, 6.45) is 4.68. The summed E-state index contributed by atoms with van der Waals surface area (Å²) in [4.78, 5) is 0. The van der Waals surface area contributed by atoms with E-state index in [1.807, 2.05) is 24.3 Å². The first-order valence-corrected chi connectivity index (χ1v) is 6.69. The number of unbranched alkanes of at least 4 members (excludes halogenated alkanes) is 2. The van der Waals surface area contributed by atoms with E-state index >= 15 is 0 Å². The van der Waals surface area contributed by atoms with Gasteiger partial charge in [0, 0.05) is 5.56 Å². The molecule has 0 spiro atoms. The van der Waals surface area contributed by atoms with Gasteiger partial charge in [0.05, 0.1) is 0 Å². The van der Waals surface area contributed by atoms with Crippen molar-refractivity contribution in [3.8, 4) is 16.9 Å². The first-order chi connectivity index (χ1) is 8.83. The Bertz CT molecular complexity index is 488. The van der Waals surface area contributed by atoms with Crippen LogP contribution in [-0.4, -0.2) is 5.11 Å². The van der Waals surface area contributed by atoms with Crippen molar-refractivity contribution in [1.82, 2.24) is 0 Å². The van der Waals surface area contributed by atoms with Crippen LogP contribution >= 0.6 is 0 Å². The van der Waals surface area contributed by atoms with Gasteiger partial charge in [0.2, 0.25) is 0 Å². The van der Waals surface area contributed by atoms with Crippen molar-refractivity contribution in [2.24, 2.45) is 0 Å². The molecule has 0 heterocycles. The SMILES string of the molecule is CCCCCc1cccc(O)c1-c1ccccc1. The molecule has 1 nitrogen and oxygen atoms in total. The zero-order valence-electron chi connectivity index (χ0n) is 10.9. The summed E-state index contributed by atoms with van der Waals surface area (Å²) >= 11 is 0. The monoisotopic (exact) mass is 240 g/mol. The Morgan fingerprint density at radius 2 is 1.67 bits per heavy atom. The van der Waals surface area contributed by atoms with Crippen molar-refractivity contribution >= 4 is 0 Å². The number of aromatic hydroxyl groups is 1. The van der Waals surface area contributed by atoms with Crippen LogP contribution in [0.15, 0.2) is 48.5 Å². The standard InChI is InChI=1S/C17H20O/c1-2-3-5-9-15-12-8-13-16(18)17(15)14-10-6-4-7-11-14/h4,6-8,10-13,18H,2-3,5,9H2,1H3. The van der Waals surface area contributed by atoms with Crippen LogP contribution in [0, 0.1) is 0 Å². The predicted molar refractivity (Wildman–Crippen MR) is 76.8 cm³/mol. The van der Waals surface area contributed by atoms with Crippen molar-refractivity contribution < 1.29 is 5.11 Å². The van der Waals surface area contributed by atoms with E-state index in [1.165, 1.54) is 24.8 Å². The summed E-state index contributed by atoms with van der Waals surface area (Å²) in [7, 11) is 0. The molecule has 0 saturated heterocycles. The fourth-order valence-corrected chi connectivity index (χ4v) is 2.30. The molecule has 0 aliphatic heterocycles. The van der Waals surface area contributed by atoms with E-state index in [0.717, 1.165) is 17.5 Å². The molecule has 0 atom stereocenters. The minimum atomic E-state index is 0.384. The van der Waals surface area contributed by atoms with Gasteiger partial charge in [-0.3, -0.25) is 0 Å². The lowest BCUT2D eigenvalue weighted by atomic mass is 9.95. The maximum Gasteiger partial charge on any atom is 0.123 e. The third-order valence-corrected chi connectivity index (χ3v) is 3.24. The van der Waals surface area contributed by atoms with E-state index in [-0.39, 0.29) is 0 Å². The van der Waals surface area contributed by atoms with Crippen molar-refractivity contribution in [3.63, 3.8) is 0 Å². The molecule has 0 aliphatic carbocycles. The third-order valence-electron chi connectivity index (χ3n) is 3.24. The average molecular weight is 240 g/mol. The molecule has 2 aromatic rings. The molecule has 1 heteroatoms. The molecule has 0 saturated carbocycles. The highest BCUT2D eigenvalue weighted by molar-refractivity contribution is 5.73. The lowest BCUT2D eigenvalue weighted by Crippen LogP contribution is -1.91. The molecule has 0 unspecified atom stereocenters. The number of hydrogen-bond donors (Lipinski definition) is 1. The fraction of sp³-hybridized carbons (Fsp3) is 0.294. The largest absolute Gasteiger partial charge is 0.507 e. The van der Waals surface area contributed by atoms with E-state index in [9.17, 15) is 5.11 Å². The molecule has 1 N–H and O–H groups in total. The van der Waals surface area contributed by atoms with Gasteiger partial charge in [-0.05, 0) is 30.0 Å². The van der Waals surface area contributed by atoms with Gasteiger partial charge in [-0.2, -0.15) is 0 Å². The summed E-state index contributed by atoms with van der Waals surface area (Å²) in [5, 5.41) is 10.1. The first kappa shape index (κ1) is 12.7. The molecular weight excluding hydrogens is 220 g/mol. The molecule has 0 fully saturated rings. The topological polar surface area (TPSA) is 20.2 Å². The fourth-order valence-electron chi connectivity index (χ4n) is 2.30. The molecule has 18 heavy (non-hydrogen) atoms. The van der Waals surface area contributed by atoms with Crippen LogP contribution in [0.25, 0.3) is 11.1 Å². The number of phenols is 1. The Kier molecular flexibility index (Phi) is 4.40. The van der Waals surface area contributed by atoms with Gasteiger partial charge in [-0.15, -0.1) is 0 Å². The van der Waals surface area contributed by atoms with Crippen molar-refractivity contribution in [3.05, 3.63) is 54.1 Å². The number of benzene rings is 2. The summed E-state index contributed by atoms with van der Waals surface area (Å²) in [5.41, 5.74) is 3.34. The maximum absolute atomic E-state index is 10.1. The molecule has 94 valence electrons. The zero-order chi connectivity index (χ0) is 12.8. The maximum atomic E-state index is 10.1. The third kappa shape index (κ3) is 2.92. The molecule has 0 aliphatic rings. The lowest BCUT2D eigenvalue weighted by molar-refractivity contribution is 0.476. The Hall–Kier alpha value is -1.76. The van der Waals surface area contributed by atoms with Gasteiger partial charge in [-0.25, -0.2) is 0 Å². The molecule has 2 aromatic carbocycles. The van der Waals surface area contributed by atoms with E-state index in [1.54, 1.807) is 6.07 Å². The summed E-state index contributed by atoms with van der Waals surface area (Å²) in [6, 6.07) is 16.0. The Morgan fingerprint density at radius 3 is 2.39 bits per heavy atom. The summed E-state index contributed by atoms with van der Waals surface area (Å²) in [5.74, 6) is 0.384. The normalized spacial score (nSPS) is 10.5. The van der Waals surface area contributed by atoms with Gasteiger partial charge in [-0.1, -0.05) is 62.2 Å². The lowest BCUT2D eigenvalue weighted by Gasteiger charge is -2.11. The number of aryl methyl sites for hydroxylation is 1. The highest BCUT2D eigenvalue weighted by Gasteiger charge is 2.09. The second-order valence-corrected chi connectivity index (χ2v) is 4.63. The van der Waals surface area contributed by atoms with Crippen LogP contribution in [0.5, 0.6) is 5.75 Å². The zero-order valence-corrected chi connectivity index (χ0v) is 10.9. The molecule has 0 radical (unpaired) electrons. The van der Waals surface area contributed by atoms with Crippen molar-refractivity contribution in [1.29, 1.82) is 0 Å². The molecule has 2 rings (SSSR count). The minimum Gasteiger partial charge on any atom is -0.507 e. The van der Waals surface area contributed by atoms with Crippen LogP contribution < -0.4 is 0 Å². The Balaban J connectivity index is 2.33. The predicted octanol–water partition coefficient (Wildman–Crippen LogP) is 4.79. The van der Waals surface area contributed by atoms with Crippen LogP contribution in [0.1, 0.15) is 31.7 Å². The number of phenolic OH excluding ortho intramolecular Hbond substituents is 1. The molecule has 0 bridgehead atoms. The van der Waals surface area contributed by atoms with Crippen LogP contribution in [0.2, 0.25) is 0 Å². The van der Waals surface area contributed by atoms with Crippen LogP contribution in [0.3, 0.4) is 0 Å². The van der Waals surface area contributed by atoms with Gasteiger partial charge in [0.1, 0.15) is 5.75 Å². The van der Waals surface area contributed by atoms with Crippen LogP contribution in [0.4, 0.5) is 0 Å².